The largest absolute Gasteiger partial charge is 0.492 e. The SMILES string of the molecule is CCOc1c(S(C)(=O)=O)cnc2ccc(/C=C3/C=NC(N)S3)cc12. The van der Waals surface area contributed by atoms with E-state index in [9.17, 15) is 8.42 Å². The molecule has 1 unspecified atom stereocenters. The third-order valence-electron chi connectivity index (χ3n) is 3.41. The van der Waals surface area contributed by atoms with Crippen LogP contribution >= 0.6 is 11.8 Å². The lowest BCUT2D eigenvalue weighted by Gasteiger charge is -2.12. The van der Waals surface area contributed by atoms with E-state index in [2.05, 4.69) is 9.98 Å². The lowest BCUT2D eigenvalue weighted by atomic mass is 10.1. The molecule has 24 heavy (non-hydrogen) atoms. The van der Waals surface area contributed by atoms with E-state index in [-0.39, 0.29) is 10.4 Å². The smallest absolute Gasteiger partial charge is 0.180 e. The lowest BCUT2D eigenvalue weighted by molar-refractivity contribution is 0.335. The molecule has 1 aromatic heterocycles. The number of aliphatic imine (C=N–C) groups is 1. The van der Waals surface area contributed by atoms with Crippen molar-refractivity contribution in [2.24, 2.45) is 10.7 Å². The average molecular weight is 363 g/mol. The number of fused-ring (bicyclic) bond motifs is 1. The number of nitrogens with zero attached hydrogens (tertiary/aromatic N) is 2. The lowest BCUT2D eigenvalue weighted by Crippen LogP contribution is -2.07. The molecule has 1 aliphatic heterocycles. The van der Waals surface area contributed by atoms with E-state index < -0.39 is 9.84 Å². The molecule has 0 bridgehead atoms. The summed E-state index contributed by atoms with van der Waals surface area (Å²) in [6, 6.07) is 5.62. The number of aromatic nitrogens is 1. The van der Waals surface area contributed by atoms with Gasteiger partial charge in [-0.25, -0.2) is 8.42 Å². The molecule has 1 atom stereocenters. The second-order valence-corrected chi connectivity index (χ2v) is 8.44. The molecule has 1 aliphatic rings. The van der Waals surface area contributed by atoms with Crippen molar-refractivity contribution in [3.63, 3.8) is 0 Å². The summed E-state index contributed by atoms with van der Waals surface area (Å²) in [5.74, 6) is 0.342. The maximum atomic E-state index is 12.0. The number of sulfone groups is 1. The molecule has 2 heterocycles. The number of thioether (sulfide) groups is 1. The molecule has 0 amide bonds. The molecular formula is C16H17N3O3S2. The number of hydrogen-bond acceptors (Lipinski definition) is 7. The van der Waals surface area contributed by atoms with Crippen molar-refractivity contribution >= 4 is 44.8 Å². The van der Waals surface area contributed by atoms with Crippen LogP contribution in [0.5, 0.6) is 5.75 Å². The first-order chi connectivity index (χ1) is 11.4. The first-order valence-corrected chi connectivity index (χ1v) is 10.1. The van der Waals surface area contributed by atoms with Gasteiger partial charge in [-0.1, -0.05) is 17.8 Å². The quantitative estimate of drug-likeness (QED) is 0.896. The van der Waals surface area contributed by atoms with E-state index in [4.69, 9.17) is 10.5 Å². The van der Waals surface area contributed by atoms with Gasteiger partial charge in [0.2, 0.25) is 0 Å². The van der Waals surface area contributed by atoms with Gasteiger partial charge in [0.15, 0.2) is 9.84 Å². The van der Waals surface area contributed by atoms with Crippen LogP contribution in [0.1, 0.15) is 12.5 Å². The molecule has 126 valence electrons. The Morgan fingerprint density at radius 3 is 2.83 bits per heavy atom. The molecule has 0 saturated heterocycles. The third kappa shape index (κ3) is 3.45. The molecule has 0 radical (unpaired) electrons. The molecule has 0 aliphatic carbocycles. The summed E-state index contributed by atoms with van der Waals surface area (Å²) in [6.07, 6.45) is 6.17. The highest BCUT2D eigenvalue weighted by Gasteiger charge is 2.19. The van der Waals surface area contributed by atoms with Gasteiger partial charge >= 0.3 is 0 Å². The molecule has 2 N–H and O–H groups in total. The molecule has 2 aromatic rings. The standard InChI is InChI=1S/C16H17N3O3S2/c1-3-22-15-12-7-10(6-11-8-19-16(17)23-11)4-5-13(12)18-9-14(15)24(2,20)21/h4-9,16H,3,17H2,1-2H3/b11-6-. The minimum absolute atomic E-state index is 0.0977. The van der Waals surface area contributed by atoms with E-state index in [0.717, 1.165) is 16.7 Å². The molecule has 0 saturated carbocycles. The van der Waals surface area contributed by atoms with Gasteiger partial charge in [-0.3, -0.25) is 9.98 Å². The predicted octanol–water partition coefficient (Wildman–Crippen LogP) is 2.44. The fourth-order valence-electron chi connectivity index (χ4n) is 2.40. The zero-order valence-corrected chi connectivity index (χ0v) is 14.9. The van der Waals surface area contributed by atoms with Crippen molar-refractivity contribution in [2.45, 2.75) is 17.3 Å². The van der Waals surface area contributed by atoms with Crippen LogP contribution < -0.4 is 10.5 Å². The van der Waals surface area contributed by atoms with E-state index >= 15 is 0 Å². The molecule has 0 fully saturated rings. The highest BCUT2D eigenvalue weighted by Crippen LogP contribution is 2.33. The van der Waals surface area contributed by atoms with Gasteiger partial charge in [0.25, 0.3) is 0 Å². The summed E-state index contributed by atoms with van der Waals surface area (Å²) in [5.41, 5.74) is 7.04. The summed E-state index contributed by atoms with van der Waals surface area (Å²) in [5, 5.41) is 0.665. The number of benzene rings is 1. The molecule has 0 spiro atoms. The maximum absolute atomic E-state index is 12.0. The minimum Gasteiger partial charge on any atom is -0.492 e. The Kier molecular flexibility index (Phi) is 4.62. The summed E-state index contributed by atoms with van der Waals surface area (Å²) in [7, 11) is -3.43. The van der Waals surface area contributed by atoms with Gasteiger partial charge < -0.3 is 10.5 Å². The monoisotopic (exact) mass is 363 g/mol. The highest BCUT2D eigenvalue weighted by atomic mass is 32.2. The normalized spacial score (nSPS) is 19.3. The Balaban J connectivity index is 2.16. The maximum Gasteiger partial charge on any atom is 0.180 e. The predicted molar refractivity (Wildman–Crippen MR) is 98.1 cm³/mol. The third-order valence-corrected chi connectivity index (χ3v) is 5.36. The average Bonchev–Trinajstić information content (AvgIpc) is 2.92. The number of allylic oxidation sites excluding steroid dienone is 1. The Morgan fingerprint density at radius 2 is 2.21 bits per heavy atom. The van der Waals surface area contributed by atoms with Gasteiger partial charge in [-0.15, -0.1) is 0 Å². The van der Waals surface area contributed by atoms with Crippen LogP contribution in [-0.2, 0) is 9.84 Å². The fourth-order valence-corrected chi connectivity index (χ4v) is 3.87. The second kappa shape index (κ2) is 6.54. The van der Waals surface area contributed by atoms with Gasteiger partial charge in [-0.05, 0) is 30.7 Å². The van der Waals surface area contributed by atoms with Gasteiger partial charge in [0.05, 0.1) is 18.3 Å². The van der Waals surface area contributed by atoms with E-state index in [1.54, 1.807) is 6.21 Å². The van der Waals surface area contributed by atoms with E-state index in [0.29, 0.717) is 23.3 Å². The van der Waals surface area contributed by atoms with Crippen LogP contribution in [0, 0.1) is 0 Å². The van der Waals surface area contributed by atoms with Gasteiger partial charge in [0.1, 0.15) is 16.1 Å². The summed E-state index contributed by atoms with van der Waals surface area (Å²) in [6.45, 7) is 2.18. The van der Waals surface area contributed by atoms with Gasteiger partial charge in [0, 0.05) is 22.8 Å². The van der Waals surface area contributed by atoms with Crippen LogP contribution in [0.2, 0.25) is 0 Å². The fraction of sp³-hybridized carbons (Fsp3) is 0.250. The molecule has 1 aromatic carbocycles. The number of ether oxygens (including phenoxy) is 1. The Labute approximate surface area is 144 Å². The van der Waals surface area contributed by atoms with Crippen LogP contribution in [0.3, 0.4) is 0 Å². The Bertz CT molecular complexity index is 952. The topological polar surface area (TPSA) is 94.6 Å². The first-order valence-electron chi connectivity index (χ1n) is 7.31. The highest BCUT2D eigenvalue weighted by molar-refractivity contribution is 8.04. The number of hydrogen-bond donors (Lipinski definition) is 1. The number of nitrogens with two attached hydrogens (primary N) is 1. The minimum atomic E-state index is -3.43. The van der Waals surface area contributed by atoms with Crippen molar-refractivity contribution in [3.8, 4) is 5.75 Å². The van der Waals surface area contributed by atoms with Crippen molar-refractivity contribution in [2.75, 3.05) is 12.9 Å². The van der Waals surface area contributed by atoms with Crippen LogP contribution in [0.15, 0.2) is 39.2 Å². The second-order valence-electron chi connectivity index (χ2n) is 5.27. The van der Waals surface area contributed by atoms with Crippen molar-refractivity contribution in [3.05, 3.63) is 34.9 Å². The van der Waals surface area contributed by atoms with Crippen molar-refractivity contribution in [1.29, 1.82) is 0 Å². The van der Waals surface area contributed by atoms with Crippen LogP contribution in [0.4, 0.5) is 0 Å². The Hall–Kier alpha value is -1.90. The zero-order chi connectivity index (χ0) is 17.3. The summed E-state index contributed by atoms with van der Waals surface area (Å²) >= 11 is 1.46. The first kappa shape index (κ1) is 16.9. The molecule has 3 rings (SSSR count). The zero-order valence-electron chi connectivity index (χ0n) is 13.3. The van der Waals surface area contributed by atoms with Crippen LogP contribution in [-0.4, -0.2) is 38.0 Å². The number of rotatable bonds is 4. The number of pyridine rings is 1. The van der Waals surface area contributed by atoms with E-state index in [1.165, 1.54) is 18.0 Å². The van der Waals surface area contributed by atoms with Crippen LogP contribution in [0.25, 0.3) is 17.0 Å². The summed E-state index contributed by atoms with van der Waals surface area (Å²) < 4.78 is 29.6. The Morgan fingerprint density at radius 1 is 1.42 bits per heavy atom. The van der Waals surface area contributed by atoms with Crippen molar-refractivity contribution < 1.29 is 13.2 Å². The molecular weight excluding hydrogens is 346 g/mol. The van der Waals surface area contributed by atoms with Crippen molar-refractivity contribution in [1.82, 2.24) is 4.98 Å². The molecule has 8 heteroatoms. The summed E-state index contributed by atoms with van der Waals surface area (Å²) in [4.78, 5) is 9.39. The molecule has 6 nitrogen and oxygen atoms in total. The van der Waals surface area contributed by atoms with Gasteiger partial charge in [-0.2, -0.15) is 0 Å². The van der Waals surface area contributed by atoms with E-state index in [1.807, 2.05) is 31.2 Å².